The molecule has 0 unspecified atom stereocenters. The number of hydrogen-bond acceptors (Lipinski definition) is 5. The van der Waals surface area contributed by atoms with E-state index >= 15 is 0 Å². The highest BCUT2D eigenvalue weighted by atomic mass is 32.1. The van der Waals surface area contributed by atoms with Gasteiger partial charge in [-0.3, -0.25) is 9.59 Å². The Balaban J connectivity index is 1.71. The van der Waals surface area contributed by atoms with Crippen molar-refractivity contribution in [3.05, 3.63) is 82.4 Å². The number of aromatic nitrogens is 1. The number of fused-ring (bicyclic) bond motifs is 1. The van der Waals surface area contributed by atoms with Gasteiger partial charge in [-0.15, -0.1) is 11.3 Å². The highest BCUT2D eigenvalue weighted by Gasteiger charge is 2.17. The number of rotatable bonds is 5. The van der Waals surface area contributed by atoms with Crippen LogP contribution in [0.2, 0.25) is 0 Å². The van der Waals surface area contributed by atoms with Gasteiger partial charge in [-0.2, -0.15) is 0 Å². The van der Waals surface area contributed by atoms with Crippen LogP contribution in [0.4, 0.5) is 17.2 Å². The summed E-state index contributed by atoms with van der Waals surface area (Å²) in [6.07, 6.45) is 1.48. The number of amides is 2. The van der Waals surface area contributed by atoms with Gasteiger partial charge in [0.1, 0.15) is 0 Å². The fourth-order valence-corrected chi connectivity index (χ4v) is 4.31. The van der Waals surface area contributed by atoms with E-state index in [1.807, 2.05) is 55.6 Å². The maximum absolute atomic E-state index is 13.1. The standard InChI is InChI=1S/C24H22N4O2S/c1-14-8-9-17-18(13-31-21(17)10-14)24(30)28-20-11-16(23(29)25-3)12-26-22(20)27-19-7-5-4-6-15(19)2/h4-13H,1-3H3,(H,25,29)(H,26,27)(H,28,30). The van der Waals surface area contributed by atoms with Gasteiger partial charge in [-0.1, -0.05) is 30.3 Å². The molecule has 0 aliphatic carbocycles. The lowest BCUT2D eigenvalue weighted by Crippen LogP contribution is -2.19. The zero-order valence-electron chi connectivity index (χ0n) is 17.4. The van der Waals surface area contributed by atoms with Gasteiger partial charge in [0.2, 0.25) is 0 Å². The third kappa shape index (κ3) is 4.27. The molecule has 156 valence electrons. The maximum atomic E-state index is 13.1. The van der Waals surface area contributed by atoms with Crippen LogP contribution in [0.1, 0.15) is 31.8 Å². The third-order valence-electron chi connectivity index (χ3n) is 5.00. The predicted molar refractivity (Wildman–Crippen MR) is 127 cm³/mol. The summed E-state index contributed by atoms with van der Waals surface area (Å²) in [4.78, 5) is 29.7. The molecule has 4 rings (SSSR count). The number of thiophene rings is 1. The number of hydrogen-bond donors (Lipinski definition) is 3. The van der Waals surface area contributed by atoms with E-state index in [1.165, 1.54) is 17.5 Å². The minimum Gasteiger partial charge on any atom is -0.355 e. The van der Waals surface area contributed by atoms with Crippen molar-refractivity contribution in [3.8, 4) is 0 Å². The fourth-order valence-electron chi connectivity index (χ4n) is 3.27. The minimum atomic E-state index is -0.276. The summed E-state index contributed by atoms with van der Waals surface area (Å²) in [6, 6.07) is 15.4. The van der Waals surface area contributed by atoms with E-state index in [0.29, 0.717) is 22.6 Å². The summed E-state index contributed by atoms with van der Waals surface area (Å²) in [5.74, 6) is -0.0635. The number of carbonyl (C=O) groups excluding carboxylic acids is 2. The van der Waals surface area contributed by atoms with Crippen molar-refractivity contribution in [2.75, 3.05) is 17.7 Å². The second-order valence-electron chi connectivity index (χ2n) is 7.24. The number of para-hydroxylation sites is 1. The second-order valence-corrected chi connectivity index (χ2v) is 8.15. The molecule has 7 heteroatoms. The molecular weight excluding hydrogens is 408 g/mol. The van der Waals surface area contributed by atoms with E-state index in [0.717, 1.165) is 26.9 Å². The average Bonchev–Trinajstić information content (AvgIpc) is 3.19. The highest BCUT2D eigenvalue weighted by molar-refractivity contribution is 7.17. The van der Waals surface area contributed by atoms with Crippen molar-refractivity contribution < 1.29 is 9.59 Å². The monoisotopic (exact) mass is 430 g/mol. The average molecular weight is 431 g/mol. The van der Waals surface area contributed by atoms with Crippen molar-refractivity contribution in [1.82, 2.24) is 10.3 Å². The molecule has 0 radical (unpaired) electrons. The first-order chi connectivity index (χ1) is 15.0. The normalized spacial score (nSPS) is 10.7. The Morgan fingerprint density at radius 2 is 1.77 bits per heavy atom. The number of nitrogens with zero attached hydrogens (tertiary/aromatic N) is 1. The van der Waals surface area contributed by atoms with Crippen molar-refractivity contribution >= 4 is 50.4 Å². The van der Waals surface area contributed by atoms with Crippen molar-refractivity contribution in [2.45, 2.75) is 13.8 Å². The van der Waals surface area contributed by atoms with Crippen LogP contribution in [0.5, 0.6) is 0 Å². The Bertz CT molecular complexity index is 1300. The van der Waals surface area contributed by atoms with E-state index in [9.17, 15) is 9.59 Å². The summed E-state index contributed by atoms with van der Waals surface area (Å²) in [7, 11) is 1.56. The minimum absolute atomic E-state index is 0.251. The van der Waals surface area contributed by atoms with E-state index in [4.69, 9.17) is 0 Å². The first kappa shape index (κ1) is 20.6. The zero-order chi connectivity index (χ0) is 22.0. The molecule has 2 amide bonds. The molecule has 31 heavy (non-hydrogen) atoms. The molecule has 2 aromatic heterocycles. The number of pyridine rings is 1. The summed E-state index contributed by atoms with van der Waals surface area (Å²) in [5, 5.41) is 11.5. The van der Waals surface area contributed by atoms with Crippen LogP contribution in [-0.2, 0) is 0 Å². The molecule has 0 saturated heterocycles. The van der Waals surface area contributed by atoms with Gasteiger partial charge < -0.3 is 16.0 Å². The molecule has 0 aliphatic heterocycles. The molecule has 0 saturated carbocycles. The van der Waals surface area contributed by atoms with E-state index in [-0.39, 0.29) is 11.8 Å². The predicted octanol–water partition coefficient (Wildman–Crippen LogP) is 5.27. The molecule has 0 aliphatic rings. The summed E-state index contributed by atoms with van der Waals surface area (Å²) in [6.45, 7) is 4.01. The van der Waals surface area contributed by atoms with Crippen molar-refractivity contribution in [3.63, 3.8) is 0 Å². The molecule has 2 aromatic carbocycles. The van der Waals surface area contributed by atoms with Crippen LogP contribution in [0.3, 0.4) is 0 Å². The van der Waals surface area contributed by atoms with Crippen LogP contribution in [0.25, 0.3) is 10.1 Å². The van der Waals surface area contributed by atoms with Gasteiger partial charge in [0.25, 0.3) is 11.8 Å². The molecule has 0 bridgehead atoms. The second kappa shape index (κ2) is 8.57. The maximum Gasteiger partial charge on any atom is 0.257 e. The summed E-state index contributed by atoms with van der Waals surface area (Å²) in [5.41, 5.74) is 4.44. The lowest BCUT2D eigenvalue weighted by molar-refractivity contribution is 0.0961. The van der Waals surface area contributed by atoms with Gasteiger partial charge in [-0.25, -0.2) is 4.98 Å². The molecule has 6 nitrogen and oxygen atoms in total. The lowest BCUT2D eigenvalue weighted by atomic mass is 10.1. The fraction of sp³-hybridized carbons (Fsp3) is 0.125. The van der Waals surface area contributed by atoms with Gasteiger partial charge in [-0.05, 0) is 43.2 Å². The Morgan fingerprint density at radius 3 is 2.55 bits per heavy atom. The molecular formula is C24H22N4O2S. The first-order valence-electron chi connectivity index (χ1n) is 9.80. The van der Waals surface area contributed by atoms with Gasteiger partial charge in [0, 0.05) is 34.4 Å². The van der Waals surface area contributed by atoms with E-state index in [2.05, 4.69) is 27.0 Å². The SMILES string of the molecule is CNC(=O)c1cnc(Nc2ccccc2C)c(NC(=O)c2csc3cc(C)ccc23)c1. The number of carbonyl (C=O) groups is 2. The molecule has 4 aromatic rings. The zero-order valence-corrected chi connectivity index (χ0v) is 18.3. The smallest absolute Gasteiger partial charge is 0.257 e. The van der Waals surface area contributed by atoms with Crippen LogP contribution in [-0.4, -0.2) is 23.8 Å². The van der Waals surface area contributed by atoms with E-state index in [1.54, 1.807) is 13.1 Å². The quantitative estimate of drug-likeness (QED) is 0.403. The Labute approximate surface area is 184 Å². The van der Waals surface area contributed by atoms with Gasteiger partial charge in [0.05, 0.1) is 16.8 Å². The number of aryl methyl sites for hydroxylation is 2. The molecule has 3 N–H and O–H groups in total. The molecule has 0 atom stereocenters. The number of benzene rings is 2. The Morgan fingerprint density at radius 1 is 0.968 bits per heavy atom. The van der Waals surface area contributed by atoms with Crippen molar-refractivity contribution in [1.29, 1.82) is 0 Å². The number of anilines is 3. The Hall–Kier alpha value is -3.71. The molecule has 2 heterocycles. The first-order valence-corrected chi connectivity index (χ1v) is 10.7. The van der Waals surface area contributed by atoms with Crippen LogP contribution < -0.4 is 16.0 Å². The topological polar surface area (TPSA) is 83.1 Å². The molecule has 0 fully saturated rings. The summed E-state index contributed by atoms with van der Waals surface area (Å²) >= 11 is 1.53. The Kier molecular flexibility index (Phi) is 5.68. The van der Waals surface area contributed by atoms with Crippen LogP contribution >= 0.6 is 11.3 Å². The lowest BCUT2D eigenvalue weighted by Gasteiger charge is -2.15. The van der Waals surface area contributed by atoms with Crippen LogP contribution in [0.15, 0.2) is 60.1 Å². The third-order valence-corrected chi connectivity index (χ3v) is 5.94. The van der Waals surface area contributed by atoms with Crippen LogP contribution in [0, 0.1) is 13.8 Å². The summed E-state index contributed by atoms with van der Waals surface area (Å²) < 4.78 is 1.06. The van der Waals surface area contributed by atoms with Crippen molar-refractivity contribution in [2.24, 2.45) is 0 Å². The molecule has 0 spiro atoms. The largest absolute Gasteiger partial charge is 0.355 e. The van der Waals surface area contributed by atoms with Gasteiger partial charge in [0.15, 0.2) is 5.82 Å². The van der Waals surface area contributed by atoms with E-state index < -0.39 is 0 Å². The highest BCUT2D eigenvalue weighted by Crippen LogP contribution is 2.30. The van der Waals surface area contributed by atoms with Gasteiger partial charge >= 0.3 is 0 Å². The number of nitrogens with one attached hydrogen (secondary N) is 3.